The van der Waals surface area contributed by atoms with Crippen molar-refractivity contribution < 1.29 is 4.79 Å². The van der Waals surface area contributed by atoms with Crippen LogP contribution in [0.15, 0.2) is 54.1 Å². The Labute approximate surface area is 241 Å². The summed E-state index contributed by atoms with van der Waals surface area (Å²) in [5, 5.41) is 4.16. The minimum absolute atomic E-state index is 0.00102. The van der Waals surface area contributed by atoms with E-state index in [0.717, 1.165) is 42.8 Å². The van der Waals surface area contributed by atoms with Crippen molar-refractivity contribution in [3.05, 3.63) is 70.9 Å². The number of nitrogens with one attached hydrogen (secondary N) is 1. The summed E-state index contributed by atoms with van der Waals surface area (Å²) < 4.78 is 1.60. The monoisotopic (exact) mass is 555 g/mol. The fourth-order valence-electron chi connectivity index (χ4n) is 6.76. The standard InChI is InChI=1S/C32H41N7O2/c1-6-28(40)37(5)26-14-32(15-26)18-38(19-32)27(13-22-7-8-22)24-11-9-23(10-12-24)21(4)35-30-33-16-25-17-34-31(41)39(20(2)3)29(25)36-30/h6,9-12,16-17,20-22,26-27H,1,7-8,13-15,18-19H2,2-5H3,(H,33,35,36)/t21-,27?/m0/s1. The average molecular weight is 556 g/mol. The highest BCUT2D eigenvalue weighted by molar-refractivity contribution is 5.87. The van der Waals surface area contributed by atoms with E-state index in [1.165, 1.54) is 37.1 Å². The quantitative estimate of drug-likeness (QED) is 0.356. The molecule has 3 aromatic rings. The molecule has 2 saturated carbocycles. The van der Waals surface area contributed by atoms with Crippen LogP contribution in [0.3, 0.4) is 0 Å². The number of hydrogen-bond acceptors (Lipinski definition) is 7. The van der Waals surface area contributed by atoms with Crippen LogP contribution in [0.5, 0.6) is 0 Å². The zero-order valence-electron chi connectivity index (χ0n) is 24.6. The van der Waals surface area contributed by atoms with Crippen LogP contribution in [0.4, 0.5) is 5.95 Å². The zero-order chi connectivity index (χ0) is 28.9. The Morgan fingerprint density at radius 3 is 2.41 bits per heavy atom. The zero-order valence-corrected chi connectivity index (χ0v) is 24.6. The summed E-state index contributed by atoms with van der Waals surface area (Å²) in [6.07, 6.45) is 10.8. The summed E-state index contributed by atoms with van der Waals surface area (Å²) in [5.74, 6) is 1.35. The molecule has 41 heavy (non-hydrogen) atoms. The van der Waals surface area contributed by atoms with Crippen LogP contribution < -0.4 is 11.0 Å². The number of hydrogen-bond donors (Lipinski definition) is 1. The number of amides is 1. The maximum atomic E-state index is 12.3. The number of rotatable bonds is 10. The van der Waals surface area contributed by atoms with Crippen LogP contribution in [0.25, 0.3) is 11.0 Å². The van der Waals surface area contributed by atoms with Gasteiger partial charge in [-0.25, -0.2) is 14.8 Å². The normalized spacial score (nSPS) is 19.9. The number of carbonyl (C=O) groups is 1. The molecule has 216 valence electrons. The van der Waals surface area contributed by atoms with Crippen molar-refractivity contribution >= 4 is 22.9 Å². The number of likely N-dealkylation sites (N-methyl/N-ethyl adjacent to an activating group) is 1. The van der Waals surface area contributed by atoms with Crippen molar-refractivity contribution in [2.24, 2.45) is 11.3 Å². The van der Waals surface area contributed by atoms with Gasteiger partial charge in [0.2, 0.25) is 11.9 Å². The van der Waals surface area contributed by atoms with Crippen molar-refractivity contribution in [1.82, 2.24) is 29.3 Å². The lowest BCUT2D eigenvalue weighted by Gasteiger charge is -2.62. The van der Waals surface area contributed by atoms with Crippen LogP contribution in [0.1, 0.15) is 82.1 Å². The van der Waals surface area contributed by atoms with Gasteiger partial charge in [-0.2, -0.15) is 4.98 Å². The van der Waals surface area contributed by atoms with Gasteiger partial charge < -0.3 is 10.2 Å². The molecule has 2 aromatic heterocycles. The lowest BCUT2D eigenvalue weighted by Crippen LogP contribution is -2.66. The summed E-state index contributed by atoms with van der Waals surface area (Å²) in [4.78, 5) is 42.0. The number of fused-ring (bicyclic) bond motifs is 1. The molecule has 2 aliphatic carbocycles. The molecule has 1 amide bonds. The molecule has 1 aromatic carbocycles. The van der Waals surface area contributed by atoms with Gasteiger partial charge >= 0.3 is 5.69 Å². The third-order valence-electron chi connectivity index (χ3n) is 9.41. The van der Waals surface area contributed by atoms with Gasteiger partial charge in [0.15, 0.2) is 5.65 Å². The van der Waals surface area contributed by atoms with Crippen molar-refractivity contribution in [2.45, 2.75) is 77.0 Å². The van der Waals surface area contributed by atoms with Crippen LogP contribution >= 0.6 is 0 Å². The summed E-state index contributed by atoms with van der Waals surface area (Å²) in [6.45, 7) is 11.9. The molecule has 3 aliphatic rings. The Kier molecular flexibility index (Phi) is 7.18. The van der Waals surface area contributed by atoms with Gasteiger partial charge in [-0.05, 0) is 68.6 Å². The molecule has 1 aliphatic heterocycles. The molecule has 1 spiro atoms. The number of likely N-dealkylation sites (tertiary alicyclic amines) is 1. The summed E-state index contributed by atoms with van der Waals surface area (Å²) in [5.41, 5.74) is 3.20. The molecule has 6 rings (SSSR count). The second-order valence-corrected chi connectivity index (χ2v) is 12.8. The summed E-state index contributed by atoms with van der Waals surface area (Å²) in [7, 11) is 1.90. The first kappa shape index (κ1) is 27.6. The van der Waals surface area contributed by atoms with E-state index in [9.17, 15) is 9.59 Å². The van der Waals surface area contributed by atoms with Crippen LogP contribution in [-0.4, -0.2) is 61.4 Å². The van der Waals surface area contributed by atoms with E-state index in [4.69, 9.17) is 0 Å². The maximum absolute atomic E-state index is 12.3. The molecular formula is C32H41N7O2. The first-order chi connectivity index (χ1) is 19.7. The van der Waals surface area contributed by atoms with Gasteiger partial charge in [-0.3, -0.25) is 14.3 Å². The summed E-state index contributed by atoms with van der Waals surface area (Å²) >= 11 is 0. The van der Waals surface area contributed by atoms with Crippen molar-refractivity contribution in [3.8, 4) is 0 Å². The van der Waals surface area contributed by atoms with Crippen LogP contribution in [-0.2, 0) is 4.79 Å². The molecule has 0 bridgehead atoms. The Morgan fingerprint density at radius 1 is 1.12 bits per heavy atom. The number of carbonyl (C=O) groups excluding carboxylic acids is 1. The molecule has 1 unspecified atom stereocenters. The van der Waals surface area contributed by atoms with Gasteiger partial charge in [-0.15, -0.1) is 0 Å². The van der Waals surface area contributed by atoms with E-state index >= 15 is 0 Å². The molecule has 0 radical (unpaired) electrons. The van der Waals surface area contributed by atoms with Crippen LogP contribution in [0, 0.1) is 11.3 Å². The third-order valence-corrected chi connectivity index (χ3v) is 9.41. The average Bonchev–Trinajstić information content (AvgIpc) is 3.74. The van der Waals surface area contributed by atoms with Gasteiger partial charge in [0.25, 0.3) is 0 Å². The first-order valence-electron chi connectivity index (χ1n) is 14.9. The highest BCUT2D eigenvalue weighted by atomic mass is 16.2. The molecular weight excluding hydrogens is 514 g/mol. The minimum atomic E-state index is -0.304. The van der Waals surface area contributed by atoms with E-state index in [1.54, 1.807) is 10.8 Å². The second-order valence-electron chi connectivity index (χ2n) is 12.8. The van der Waals surface area contributed by atoms with Gasteiger partial charge in [-0.1, -0.05) is 43.7 Å². The van der Waals surface area contributed by atoms with E-state index in [2.05, 4.69) is 62.9 Å². The van der Waals surface area contributed by atoms with E-state index in [-0.39, 0.29) is 23.7 Å². The Balaban J connectivity index is 1.12. The Morgan fingerprint density at radius 2 is 1.78 bits per heavy atom. The Hall–Kier alpha value is -3.59. The van der Waals surface area contributed by atoms with Gasteiger partial charge in [0.1, 0.15) is 0 Å². The maximum Gasteiger partial charge on any atom is 0.349 e. The Bertz CT molecular complexity index is 1500. The number of benzene rings is 1. The van der Waals surface area contributed by atoms with Gasteiger partial charge in [0, 0.05) is 50.7 Å². The fraction of sp³-hybridized carbons (Fsp3) is 0.531. The largest absolute Gasteiger partial charge is 0.349 e. The molecule has 3 fully saturated rings. The number of anilines is 1. The van der Waals surface area contributed by atoms with Crippen molar-refractivity contribution in [1.29, 1.82) is 0 Å². The third kappa shape index (κ3) is 5.39. The molecule has 1 saturated heterocycles. The fourth-order valence-corrected chi connectivity index (χ4v) is 6.76. The molecule has 9 heteroatoms. The molecule has 1 N–H and O–H groups in total. The molecule has 9 nitrogen and oxygen atoms in total. The number of nitrogens with zero attached hydrogens (tertiary/aromatic N) is 6. The molecule has 3 heterocycles. The lowest BCUT2D eigenvalue weighted by atomic mass is 9.59. The second kappa shape index (κ2) is 10.7. The van der Waals surface area contributed by atoms with E-state index in [0.29, 0.717) is 29.1 Å². The van der Waals surface area contributed by atoms with Crippen molar-refractivity contribution in [3.63, 3.8) is 0 Å². The predicted octanol–water partition coefficient (Wildman–Crippen LogP) is 4.89. The minimum Gasteiger partial charge on any atom is -0.348 e. The van der Waals surface area contributed by atoms with Crippen molar-refractivity contribution in [2.75, 3.05) is 25.5 Å². The topological polar surface area (TPSA) is 96.3 Å². The smallest absolute Gasteiger partial charge is 0.348 e. The van der Waals surface area contributed by atoms with E-state index < -0.39 is 0 Å². The first-order valence-corrected chi connectivity index (χ1v) is 14.9. The summed E-state index contributed by atoms with van der Waals surface area (Å²) in [6, 6.07) is 9.74. The van der Waals surface area contributed by atoms with E-state index in [1.807, 2.05) is 25.8 Å². The highest BCUT2D eigenvalue weighted by Gasteiger charge is 2.55. The lowest BCUT2D eigenvalue weighted by molar-refractivity contribution is -0.146. The number of aromatic nitrogens is 4. The SMILES string of the molecule is C=CC(=O)N(C)C1CC2(C1)CN(C(CC1CC1)c1ccc([C@H](C)Nc3ncc4cnc(=O)n(C(C)C)c4n3)cc1)C2. The predicted molar refractivity (Wildman–Crippen MR) is 161 cm³/mol. The van der Waals surface area contributed by atoms with Crippen LogP contribution in [0.2, 0.25) is 0 Å². The highest BCUT2D eigenvalue weighted by Crippen LogP contribution is 2.54. The molecule has 2 atom stereocenters. The van der Waals surface area contributed by atoms with Gasteiger partial charge in [0.05, 0.1) is 11.4 Å².